The monoisotopic (exact) mass is 356 g/mol. The van der Waals surface area contributed by atoms with E-state index in [1.54, 1.807) is 0 Å². The van der Waals surface area contributed by atoms with Gasteiger partial charge in [-0.1, -0.05) is 0 Å². The van der Waals surface area contributed by atoms with Crippen molar-refractivity contribution in [3.63, 3.8) is 0 Å². The minimum absolute atomic E-state index is 0. The van der Waals surface area contributed by atoms with Crippen LogP contribution in [0.15, 0.2) is 0 Å². The Morgan fingerprint density at radius 3 is 1.17 bits per heavy atom. The Morgan fingerprint density at radius 2 is 1.17 bits per heavy atom. The average molecular weight is 354 g/mol. The predicted octanol–water partition coefficient (Wildman–Crippen LogP) is -2.65. The van der Waals surface area contributed by atoms with Gasteiger partial charge in [-0.2, -0.15) is 0 Å². The standard InChI is InChI=1S/H2O4Se.Pb.2H/c1-5(2,3)4;;;/h(H2,1,2,3,4);;;. The minimum atomic E-state index is -5.25. The van der Waals surface area contributed by atoms with E-state index in [0.717, 1.165) is 0 Å². The Hall–Kier alpha value is 0.962. The molecule has 0 saturated carbocycles. The van der Waals surface area contributed by atoms with Crippen molar-refractivity contribution >= 4 is 40.7 Å². The summed E-state index contributed by atoms with van der Waals surface area (Å²) >= 11 is -5.25. The van der Waals surface area contributed by atoms with E-state index in [9.17, 15) is 0 Å². The molecule has 4 nitrogen and oxygen atoms in total. The summed E-state index contributed by atoms with van der Waals surface area (Å²) < 4.78 is 31.9. The summed E-state index contributed by atoms with van der Waals surface area (Å²) in [5, 5.41) is 0. The molecule has 0 saturated heterocycles. The van der Waals surface area contributed by atoms with Crippen LogP contribution in [0, 0.1) is 0 Å². The fourth-order valence-corrected chi connectivity index (χ4v) is 0. The zero-order chi connectivity index (χ0) is 4.50. The van der Waals surface area contributed by atoms with Gasteiger partial charge in [-0.3, -0.25) is 0 Å². The first-order chi connectivity index (χ1) is 2.00. The van der Waals surface area contributed by atoms with Crippen molar-refractivity contribution in [1.29, 1.82) is 0 Å². The molecule has 2 radical (unpaired) electrons. The SMILES string of the molecule is O=[Se](=O)(O)O.[PbH2]. The van der Waals surface area contributed by atoms with Crippen molar-refractivity contribution in [3.05, 3.63) is 0 Å². The zero-order valence-electron chi connectivity index (χ0n) is 2.83. The summed E-state index contributed by atoms with van der Waals surface area (Å²) in [6.45, 7) is 0. The Balaban J connectivity index is 0. The Bertz CT molecular complexity index is 90.7. The number of rotatable bonds is 0. The van der Waals surface area contributed by atoms with E-state index in [0.29, 0.717) is 0 Å². The van der Waals surface area contributed by atoms with Crippen LogP contribution in [0.25, 0.3) is 0 Å². The van der Waals surface area contributed by atoms with Crippen LogP contribution in [0.3, 0.4) is 0 Å². The van der Waals surface area contributed by atoms with Crippen LogP contribution in [0.4, 0.5) is 0 Å². The molecule has 0 aromatic carbocycles. The van der Waals surface area contributed by atoms with E-state index < -0.39 is 13.4 Å². The second kappa shape index (κ2) is 3.03. The van der Waals surface area contributed by atoms with Crippen LogP contribution in [0.1, 0.15) is 0 Å². The van der Waals surface area contributed by atoms with Crippen molar-refractivity contribution < 1.29 is 16.0 Å². The maximum atomic E-state index is 8.82. The van der Waals surface area contributed by atoms with Gasteiger partial charge >= 0.3 is 56.7 Å². The Labute approximate surface area is 56.6 Å². The second-order valence-electron chi connectivity index (χ2n) is 0.448. The van der Waals surface area contributed by atoms with E-state index in [-0.39, 0.29) is 27.3 Å². The third kappa shape index (κ3) is 84.2. The molecule has 6 heavy (non-hydrogen) atoms. The molecule has 2 N–H and O–H groups in total. The van der Waals surface area contributed by atoms with Crippen LogP contribution in [-0.2, 0) is 7.67 Å². The molecule has 0 aromatic rings. The van der Waals surface area contributed by atoms with Gasteiger partial charge in [0, 0.05) is 0 Å². The average Bonchev–Trinajstić information content (AvgIpc) is 0.722. The van der Waals surface area contributed by atoms with Crippen LogP contribution < -0.4 is 0 Å². The van der Waals surface area contributed by atoms with Gasteiger partial charge in [0.25, 0.3) is 0 Å². The predicted molar refractivity (Wildman–Crippen MR) is 20.1 cm³/mol. The van der Waals surface area contributed by atoms with Gasteiger partial charge in [-0.05, 0) is 0 Å². The fourth-order valence-electron chi connectivity index (χ4n) is 0. The molecule has 38 valence electrons. The fraction of sp³-hybridized carbons (Fsp3) is 0. The van der Waals surface area contributed by atoms with Crippen LogP contribution in [0.5, 0.6) is 0 Å². The molecule has 0 rings (SSSR count). The summed E-state index contributed by atoms with van der Waals surface area (Å²) in [6.07, 6.45) is 0. The normalized spacial score (nSPS) is 9.67. The molecule has 0 heterocycles. The van der Waals surface area contributed by atoms with E-state index >= 15 is 0 Å². The molecular weight excluding hydrogens is 350 g/mol. The topological polar surface area (TPSA) is 74.6 Å². The van der Waals surface area contributed by atoms with Gasteiger partial charge < -0.3 is 0 Å². The van der Waals surface area contributed by atoms with Crippen molar-refractivity contribution in [2.45, 2.75) is 0 Å². The molecule has 0 amide bonds. The molecular formula is H4O4PbSe. The first-order valence-corrected chi connectivity index (χ1v) is 3.63. The number of hydrogen-bond acceptors (Lipinski definition) is 2. The van der Waals surface area contributed by atoms with Crippen molar-refractivity contribution in [2.24, 2.45) is 0 Å². The summed E-state index contributed by atoms with van der Waals surface area (Å²) in [6, 6.07) is 0. The van der Waals surface area contributed by atoms with Crippen molar-refractivity contribution in [2.75, 3.05) is 0 Å². The van der Waals surface area contributed by atoms with Crippen LogP contribution in [0.2, 0.25) is 0 Å². The van der Waals surface area contributed by atoms with Gasteiger partial charge in [0.2, 0.25) is 0 Å². The summed E-state index contributed by atoms with van der Waals surface area (Å²) in [4.78, 5) is 0. The van der Waals surface area contributed by atoms with Gasteiger partial charge in [0.15, 0.2) is 0 Å². The van der Waals surface area contributed by atoms with Crippen molar-refractivity contribution in [1.82, 2.24) is 0 Å². The summed E-state index contributed by atoms with van der Waals surface area (Å²) in [5.41, 5.74) is 0. The van der Waals surface area contributed by atoms with Gasteiger partial charge in [-0.15, -0.1) is 0 Å². The zero-order valence-corrected chi connectivity index (χ0v) is 10.0. The molecule has 0 aliphatic rings. The molecule has 0 unspecified atom stereocenters. The summed E-state index contributed by atoms with van der Waals surface area (Å²) in [7, 11) is 0. The third-order valence-electron chi connectivity index (χ3n) is 0. The van der Waals surface area contributed by atoms with E-state index in [1.807, 2.05) is 0 Å². The Kier molecular flexibility index (Phi) is 5.07. The molecule has 0 bridgehead atoms. The van der Waals surface area contributed by atoms with Crippen molar-refractivity contribution in [3.8, 4) is 0 Å². The van der Waals surface area contributed by atoms with Crippen LogP contribution >= 0.6 is 0 Å². The molecule has 0 aliphatic carbocycles. The molecule has 6 heteroatoms. The van der Waals surface area contributed by atoms with Crippen LogP contribution in [-0.4, -0.2) is 49.0 Å². The second-order valence-corrected chi connectivity index (χ2v) is 2.33. The first kappa shape index (κ1) is 10.1. The Morgan fingerprint density at radius 1 is 1.17 bits per heavy atom. The molecule has 0 aliphatic heterocycles. The van der Waals surface area contributed by atoms with E-state index in [1.165, 1.54) is 0 Å². The summed E-state index contributed by atoms with van der Waals surface area (Å²) in [5.74, 6) is 0. The van der Waals surface area contributed by atoms with Gasteiger partial charge in [0.1, 0.15) is 0 Å². The quantitative estimate of drug-likeness (QED) is 0.466. The van der Waals surface area contributed by atoms with E-state index in [2.05, 4.69) is 0 Å². The number of hydrogen-bond donors (Lipinski definition) is 2. The van der Waals surface area contributed by atoms with Gasteiger partial charge in [0.05, 0.1) is 0 Å². The first-order valence-electron chi connectivity index (χ1n) is 0.698. The molecule has 0 aromatic heterocycles. The van der Waals surface area contributed by atoms with E-state index in [4.69, 9.17) is 16.0 Å². The third-order valence-corrected chi connectivity index (χ3v) is 0. The molecule has 0 fully saturated rings. The van der Waals surface area contributed by atoms with Gasteiger partial charge in [-0.25, -0.2) is 0 Å². The molecule has 0 spiro atoms. The molecule has 0 atom stereocenters. The maximum absolute atomic E-state index is 8.82.